The van der Waals surface area contributed by atoms with Crippen LogP contribution in [-0.2, 0) is 16.4 Å². The summed E-state index contributed by atoms with van der Waals surface area (Å²) in [7, 11) is -3.24. The zero-order valence-electron chi connectivity index (χ0n) is 11.3. The Hall–Kier alpha value is -1.56. The Labute approximate surface area is 113 Å². The first-order valence-electron chi connectivity index (χ1n) is 6.20. The highest BCUT2D eigenvalue weighted by atomic mass is 32.2. The Balaban J connectivity index is 2.30. The molecule has 6 heteroatoms. The fourth-order valence-corrected chi connectivity index (χ4v) is 3.16. The number of benzene rings is 1. The fourth-order valence-electron chi connectivity index (χ4n) is 2.20. The topological polar surface area (TPSA) is 66.5 Å². The second-order valence-corrected chi connectivity index (χ2v) is 6.96. The maximum Gasteiger partial charge on any atom is 0.251 e. The van der Waals surface area contributed by atoms with Gasteiger partial charge >= 0.3 is 0 Å². The first-order chi connectivity index (χ1) is 8.79. The van der Waals surface area contributed by atoms with E-state index in [0.29, 0.717) is 24.2 Å². The number of carbonyl (C=O) groups is 1. The maximum absolute atomic E-state index is 11.9. The van der Waals surface area contributed by atoms with Gasteiger partial charge in [-0.25, -0.2) is 8.42 Å². The SMILES string of the molecule is CC(C)NC(=O)c1ccc2c(c1)CCN2S(C)(=O)=O. The predicted molar refractivity (Wildman–Crippen MR) is 74.9 cm³/mol. The van der Waals surface area contributed by atoms with Crippen LogP contribution in [0.3, 0.4) is 0 Å². The molecule has 0 saturated heterocycles. The van der Waals surface area contributed by atoms with E-state index in [-0.39, 0.29) is 11.9 Å². The Kier molecular flexibility index (Phi) is 3.54. The number of carbonyl (C=O) groups excluding carboxylic acids is 1. The molecule has 19 heavy (non-hydrogen) atoms. The molecule has 5 nitrogen and oxygen atoms in total. The molecule has 1 aliphatic heterocycles. The van der Waals surface area contributed by atoms with Crippen molar-refractivity contribution in [2.75, 3.05) is 17.1 Å². The standard InChI is InChI=1S/C13H18N2O3S/c1-9(2)14-13(16)11-4-5-12-10(8-11)6-7-15(12)19(3,17)18/h4-5,8-9H,6-7H2,1-3H3,(H,14,16). The number of nitrogens with one attached hydrogen (secondary N) is 1. The number of hydrogen-bond acceptors (Lipinski definition) is 3. The van der Waals surface area contributed by atoms with E-state index in [4.69, 9.17) is 0 Å². The van der Waals surface area contributed by atoms with Gasteiger partial charge in [0.25, 0.3) is 5.91 Å². The van der Waals surface area contributed by atoms with Crippen LogP contribution < -0.4 is 9.62 Å². The van der Waals surface area contributed by atoms with Crippen LogP contribution in [0.4, 0.5) is 5.69 Å². The first-order valence-corrected chi connectivity index (χ1v) is 8.05. The van der Waals surface area contributed by atoms with Crippen LogP contribution in [0, 0.1) is 0 Å². The highest BCUT2D eigenvalue weighted by Gasteiger charge is 2.26. The van der Waals surface area contributed by atoms with E-state index in [9.17, 15) is 13.2 Å². The lowest BCUT2D eigenvalue weighted by Gasteiger charge is -2.16. The van der Waals surface area contributed by atoms with Gasteiger partial charge in [-0.15, -0.1) is 0 Å². The minimum absolute atomic E-state index is 0.0771. The van der Waals surface area contributed by atoms with Gasteiger partial charge in [0.15, 0.2) is 0 Å². The molecule has 0 fully saturated rings. The molecule has 0 aliphatic carbocycles. The van der Waals surface area contributed by atoms with Crippen LogP contribution in [0.2, 0.25) is 0 Å². The molecule has 1 aromatic carbocycles. The molecule has 104 valence electrons. The molecule has 1 N–H and O–H groups in total. The summed E-state index contributed by atoms with van der Waals surface area (Å²) in [5.41, 5.74) is 2.16. The molecule has 0 spiro atoms. The van der Waals surface area contributed by atoms with Crippen molar-refractivity contribution >= 4 is 21.6 Å². The number of fused-ring (bicyclic) bond motifs is 1. The van der Waals surface area contributed by atoms with Crippen molar-refractivity contribution in [2.24, 2.45) is 0 Å². The summed E-state index contributed by atoms with van der Waals surface area (Å²) < 4.78 is 24.6. The lowest BCUT2D eigenvalue weighted by atomic mass is 10.1. The number of rotatable bonds is 3. The van der Waals surface area contributed by atoms with E-state index in [1.165, 1.54) is 10.6 Å². The lowest BCUT2D eigenvalue weighted by molar-refractivity contribution is 0.0943. The van der Waals surface area contributed by atoms with Crippen LogP contribution in [-0.4, -0.2) is 33.2 Å². The molecule has 1 aromatic rings. The van der Waals surface area contributed by atoms with Gasteiger partial charge < -0.3 is 5.32 Å². The summed E-state index contributed by atoms with van der Waals surface area (Å²) in [6.45, 7) is 4.25. The normalized spacial score (nSPS) is 14.6. The van der Waals surface area contributed by atoms with E-state index in [1.54, 1.807) is 18.2 Å². The van der Waals surface area contributed by atoms with Crippen LogP contribution in [0.5, 0.6) is 0 Å². The monoisotopic (exact) mass is 282 g/mol. The Bertz CT molecular complexity index is 608. The van der Waals surface area contributed by atoms with E-state index >= 15 is 0 Å². The molecule has 0 bridgehead atoms. The van der Waals surface area contributed by atoms with Crippen molar-refractivity contribution < 1.29 is 13.2 Å². The Morgan fingerprint density at radius 3 is 2.63 bits per heavy atom. The highest BCUT2D eigenvalue weighted by Crippen LogP contribution is 2.30. The van der Waals surface area contributed by atoms with Gasteiger partial charge in [0.1, 0.15) is 0 Å². The smallest absolute Gasteiger partial charge is 0.251 e. The van der Waals surface area contributed by atoms with Gasteiger partial charge in [-0.05, 0) is 44.0 Å². The number of sulfonamides is 1. The number of hydrogen-bond donors (Lipinski definition) is 1. The molecule has 2 rings (SSSR count). The third kappa shape index (κ3) is 2.89. The van der Waals surface area contributed by atoms with Crippen molar-refractivity contribution in [3.63, 3.8) is 0 Å². The summed E-state index contributed by atoms with van der Waals surface area (Å²) in [4.78, 5) is 11.9. The molecule has 0 radical (unpaired) electrons. The molecular weight excluding hydrogens is 264 g/mol. The quantitative estimate of drug-likeness (QED) is 0.904. The van der Waals surface area contributed by atoms with Gasteiger partial charge in [-0.3, -0.25) is 9.10 Å². The van der Waals surface area contributed by atoms with Crippen LogP contribution in [0.15, 0.2) is 18.2 Å². The van der Waals surface area contributed by atoms with Crippen molar-refractivity contribution in [2.45, 2.75) is 26.3 Å². The van der Waals surface area contributed by atoms with Gasteiger partial charge in [-0.2, -0.15) is 0 Å². The summed E-state index contributed by atoms with van der Waals surface area (Å²) in [5.74, 6) is -0.129. The summed E-state index contributed by atoms with van der Waals surface area (Å²) in [5, 5.41) is 2.82. The van der Waals surface area contributed by atoms with Crippen LogP contribution in [0.1, 0.15) is 29.8 Å². The fraction of sp³-hybridized carbons (Fsp3) is 0.462. The summed E-state index contributed by atoms with van der Waals surface area (Å²) in [6, 6.07) is 5.23. The van der Waals surface area contributed by atoms with Gasteiger partial charge in [0.05, 0.1) is 11.9 Å². The average molecular weight is 282 g/mol. The first kappa shape index (κ1) is 13.9. The summed E-state index contributed by atoms with van der Waals surface area (Å²) in [6.07, 6.45) is 1.84. The van der Waals surface area contributed by atoms with E-state index in [0.717, 1.165) is 5.56 Å². The second kappa shape index (κ2) is 4.85. The number of anilines is 1. The van der Waals surface area contributed by atoms with Crippen molar-refractivity contribution in [1.29, 1.82) is 0 Å². The second-order valence-electron chi connectivity index (χ2n) is 5.06. The van der Waals surface area contributed by atoms with Gasteiger partial charge in [0, 0.05) is 18.2 Å². The van der Waals surface area contributed by atoms with E-state index < -0.39 is 10.0 Å². The lowest BCUT2D eigenvalue weighted by Crippen LogP contribution is -2.30. The third-order valence-corrected chi connectivity index (χ3v) is 4.19. The molecule has 1 amide bonds. The van der Waals surface area contributed by atoms with Gasteiger partial charge in [-0.1, -0.05) is 0 Å². The van der Waals surface area contributed by atoms with E-state index in [1.807, 2.05) is 13.8 Å². The molecule has 0 atom stereocenters. The molecule has 0 unspecified atom stereocenters. The molecule has 1 aliphatic rings. The molecule has 1 heterocycles. The molecule has 0 aromatic heterocycles. The highest BCUT2D eigenvalue weighted by molar-refractivity contribution is 7.92. The predicted octanol–water partition coefficient (Wildman–Crippen LogP) is 1.15. The number of amides is 1. The largest absolute Gasteiger partial charge is 0.350 e. The Morgan fingerprint density at radius 1 is 1.37 bits per heavy atom. The zero-order chi connectivity index (χ0) is 14.2. The molecule has 0 saturated carbocycles. The zero-order valence-corrected chi connectivity index (χ0v) is 12.1. The molecular formula is C13H18N2O3S. The van der Waals surface area contributed by atoms with Crippen molar-refractivity contribution in [1.82, 2.24) is 5.32 Å². The van der Waals surface area contributed by atoms with Crippen molar-refractivity contribution in [3.8, 4) is 0 Å². The van der Waals surface area contributed by atoms with Gasteiger partial charge in [0.2, 0.25) is 10.0 Å². The summed E-state index contributed by atoms with van der Waals surface area (Å²) >= 11 is 0. The Morgan fingerprint density at radius 2 is 2.05 bits per heavy atom. The minimum atomic E-state index is -3.24. The average Bonchev–Trinajstić information content (AvgIpc) is 2.69. The maximum atomic E-state index is 11.9. The third-order valence-electron chi connectivity index (χ3n) is 3.01. The number of nitrogens with zero attached hydrogens (tertiary/aromatic N) is 1. The van der Waals surface area contributed by atoms with Crippen LogP contribution >= 0.6 is 0 Å². The van der Waals surface area contributed by atoms with Crippen molar-refractivity contribution in [3.05, 3.63) is 29.3 Å². The van der Waals surface area contributed by atoms with Crippen LogP contribution in [0.25, 0.3) is 0 Å². The minimum Gasteiger partial charge on any atom is -0.350 e. The van der Waals surface area contributed by atoms with E-state index in [2.05, 4.69) is 5.32 Å².